The van der Waals surface area contributed by atoms with Crippen molar-refractivity contribution in [1.29, 1.82) is 0 Å². The lowest BCUT2D eigenvalue weighted by atomic mass is 9.99. The smallest absolute Gasteiger partial charge is 0.221 e. The Morgan fingerprint density at radius 3 is 2.64 bits per heavy atom. The van der Waals surface area contributed by atoms with E-state index >= 15 is 0 Å². The molecule has 1 aromatic rings. The van der Waals surface area contributed by atoms with Gasteiger partial charge in [-0.05, 0) is 0 Å². The first-order valence-electron chi connectivity index (χ1n) is 4.04. The van der Waals surface area contributed by atoms with Gasteiger partial charge in [0.25, 0.3) is 0 Å². The number of carbonyl (C=O) groups excluding carboxylic acids is 2. The SMILES string of the molecule is NC(=O)C[C@@H](Cc1cscn1)C(N)=O. The van der Waals surface area contributed by atoms with Crippen LogP contribution in [0.15, 0.2) is 10.9 Å². The number of carbonyl (C=O) groups is 2. The molecule has 0 aliphatic rings. The third kappa shape index (κ3) is 3.14. The van der Waals surface area contributed by atoms with Crippen LogP contribution >= 0.6 is 11.3 Å². The molecule has 0 aromatic carbocycles. The van der Waals surface area contributed by atoms with Gasteiger partial charge in [0.1, 0.15) is 0 Å². The van der Waals surface area contributed by atoms with E-state index in [1.54, 1.807) is 5.51 Å². The lowest BCUT2D eigenvalue weighted by molar-refractivity contribution is -0.126. The van der Waals surface area contributed by atoms with Gasteiger partial charge in [0.2, 0.25) is 11.8 Å². The average molecular weight is 213 g/mol. The van der Waals surface area contributed by atoms with E-state index in [2.05, 4.69) is 4.98 Å². The lowest BCUT2D eigenvalue weighted by Gasteiger charge is -2.08. The van der Waals surface area contributed by atoms with E-state index in [4.69, 9.17) is 11.5 Å². The molecule has 5 nitrogen and oxygen atoms in total. The number of nitrogens with zero attached hydrogens (tertiary/aromatic N) is 1. The van der Waals surface area contributed by atoms with Crippen LogP contribution in [0.4, 0.5) is 0 Å². The van der Waals surface area contributed by atoms with E-state index in [-0.39, 0.29) is 6.42 Å². The van der Waals surface area contributed by atoms with Crippen molar-refractivity contribution in [1.82, 2.24) is 4.98 Å². The van der Waals surface area contributed by atoms with E-state index in [0.717, 1.165) is 5.69 Å². The van der Waals surface area contributed by atoms with Gasteiger partial charge in [0.15, 0.2) is 0 Å². The molecule has 0 bridgehead atoms. The average Bonchev–Trinajstić information content (AvgIpc) is 2.54. The Labute approximate surface area is 85.1 Å². The molecule has 2 amide bonds. The molecule has 0 unspecified atom stereocenters. The molecule has 1 aromatic heterocycles. The third-order valence-corrected chi connectivity index (χ3v) is 2.42. The third-order valence-electron chi connectivity index (χ3n) is 1.79. The second-order valence-electron chi connectivity index (χ2n) is 2.95. The molecule has 6 heteroatoms. The Kier molecular flexibility index (Phi) is 3.58. The normalized spacial score (nSPS) is 12.3. The predicted octanol–water partition coefficient (Wildman–Crippen LogP) is -0.338. The van der Waals surface area contributed by atoms with Crippen molar-refractivity contribution in [3.63, 3.8) is 0 Å². The summed E-state index contributed by atoms with van der Waals surface area (Å²) in [6, 6.07) is 0. The monoisotopic (exact) mass is 213 g/mol. The van der Waals surface area contributed by atoms with Crippen molar-refractivity contribution < 1.29 is 9.59 Å². The standard InChI is InChI=1S/C8H11N3O2S/c9-7(12)2-5(8(10)13)1-6-3-14-4-11-6/h3-5H,1-2H2,(H2,9,12)(H2,10,13)/t5-/m1/s1. The quantitative estimate of drug-likeness (QED) is 0.700. The van der Waals surface area contributed by atoms with Gasteiger partial charge in [0.05, 0.1) is 17.1 Å². The molecule has 0 spiro atoms. The van der Waals surface area contributed by atoms with Gasteiger partial charge in [-0.1, -0.05) is 0 Å². The summed E-state index contributed by atoms with van der Waals surface area (Å²) in [4.78, 5) is 25.6. The summed E-state index contributed by atoms with van der Waals surface area (Å²) in [5.74, 6) is -1.59. The minimum absolute atomic E-state index is 0.0210. The fraction of sp³-hybridized carbons (Fsp3) is 0.375. The largest absolute Gasteiger partial charge is 0.370 e. The Hall–Kier alpha value is -1.43. The van der Waals surface area contributed by atoms with Crippen LogP contribution < -0.4 is 11.5 Å². The number of thiazole rings is 1. The second-order valence-corrected chi connectivity index (χ2v) is 3.67. The lowest BCUT2D eigenvalue weighted by Crippen LogP contribution is -2.29. The highest BCUT2D eigenvalue weighted by molar-refractivity contribution is 7.07. The Morgan fingerprint density at radius 2 is 2.21 bits per heavy atom. The van der Waals surface area contributed by atoms with Gasteiger partial charge >= 0.3 is 0 Å². The van der Waals surface area contributed by atoms with Crippen LogP contribution in [0.1, 0.15) is 12.1 Å². The molecule has 1 atom stereocenters. The Balaban J connectivity index is 2.60. The first-order valence-corrected chi connectivity index (χ1v) is 4.98. The minimum Gasteiger partial charge on any atom is -0.370 e. The molecule has 0 aliphatic carbocycles. The molecule has 0 aliphatic heterocycles. The number of hydrogen-bond donors (Lipinski definition) is 2. The van der Waals surface area contributed by atoms with Crippen LogP contribution in [0.5, 0.6) is 0 Å². The summed E-state index contributed by atoms with van der Waals surface area (Å²) in [5.41, 5.74) is 12.6. The van der Waals surface area contributed by atoms with Crippen molar-refractivity contribution in [2.75, 3.05) is 0 Å². The van der Waals surface area contributed by atoms with E-state index in [0.29, 0.717) is 6.42 Å². The van der Waals surface area contributed by atoms with Gasteiger partial charge in [-0.2, -0.15) is 0 Å². The molecular weight excluding hydrogens is 202 g/mol. The Morgan fingerprint density at radius 1 is 1.50 bits per heavy atom. The first-order chi connectivity index (χ1) is 6.59. The number of aromatic nitrogens is 1. The van der Waals surface area contributed by atoms with Crippen molar-refractivity contribution >= 4 is 23.2 Å². The van der Waals surface area contributed by atoms with Crippen molar-refractivity contribution in [2.24, 2.45) is 17.4 Å². The highest BCUT2D eigenvalue weighted by Crippen LogP contribution is 2.11. The highest BCUT2D eigenvalue weighted by Gasteiger charge is 2.19. The maximum atomic E-state index is 11.0. The fourth-order valence-corrected chi connectivity index (χ4v) is 1.68. The van der Waals surface area contributed by atoms with Crippen molar-refractivity contribution in [3.8, 4) is 0 Å². The van der Waals surface area contributed by atoms with Gasteiger partial charge in [-0.3, -0.25) is 9.59 Å². The number of rotatable bonds is 5. The van der Waals surface area contributed by atoms with E-state index in [9.17, 15) is 9.59 Å². The fourth-order valence-electron chi connectivity index (χ4n) is 1.11. The van der Waals surface area contributed by atoms with E-state index in [1.165, 1.54) is 11.3 Å². The summed E-state index contributed by atoms with van der Waals surface area (Å²) in [7, 11) is 0. The molecule has 1 heterocycles. The molecule has 0 radical (unpaired) electrons. The Bertz CT molecular complexity index is 323. The topological polar surface area (TPSA) is 99.1 Å². The number of hydrogen-bond acceptors (Lipinski definition) is 4. The summed E-state index contributed by atoms with van der Waals surface area (Å²) in [6.45, 7) is 0. The van der Waals surface area contributed by atoms with Crippen LogP contribution in [0, 0.1) is 5.92 Å². The van der Waals surface area contributed by atoms with Gasteiger partial charge in [-0.25, -0.2) is 4.98 Å². The minimum atomic E-state index is -0.547. The van der Waals surface area contributed by atoms with Crippen LogP contribution in [-0.2, 0) is 16.0 Å². The predicted molar refractivity (Wildman–Crippen MR) is 52.3 cm³/mol. The molecule has 0 fully saturated rings. The summed E-state index contributed by atoms with van der Waals surface area (Å²) in [6.07, 6.45) is 0.356. The van der Waals surface area contributed by atoms with Gasteiger partial charge in [0, 0.05) is 18.2 Å². The number of primary amides is 2. The molecule has 0 saturated heterocycles. The van der Waals surface area contributed by atoms with Crippen LogP contribution in [-0.4, -0.2) is 16.8 Å². The maximum absolute atomic E-state index is 11.0. The molecular formula is C8H11N3O2S. The van der Waals surface area contributed by atoms with Gasteiger partial charge < -0.3 is 11.5 Å². The van der Waals surface area contributed by atoms with E-state index in [1.807, 2.05) is 5.38 Å². The first kappa shape index (κ1) is 10.6. The van der Waals surface area contributed by atoms with Crippen LogP contribution in [0.25, 0.3) is 0 Å². The van der Waals surface area contributed by atoms with Crippen LogP contribution in [0.2, 0.25) is 0 Å². The number of amides is 2. The highest BCUT2D eigenvalue weighted by atomic mass is 32.1. The molecule has 0 saturated carbocycles. The summed E-state index contributed by atoms with van der Waals surface area (Å²) >= 11 is 1.43. The molecule has 14 heavy (non-hydrogen) atoms. The van der Waals surface area contributed by atoms with Crippen LogP contribution in [0.3, 0.4) is 0 Å². The summed E-state index contributed by atoms with van der Waals surface area (Å²) in [5, 5.41) is 1.82. The second kappa shape index (κ2) is 4.71. The molecule has 76 valence electrons. The zero-order chi connectivity index (χ0) is 10.6. The zero-order valence-corrected chi connectivity index (χ0v) is 8.29. The van der Waals surface area contributed by atoms with Crippen molar-refractivity contribution in [3.05, 3.63) is 16.6 Å². The van der Waals surface area contributed by atoms with Crippen molar-refractivity contribution in [2.45, 2.75) is 12.8 Å². The molecule has 1 rings (SSSR count). The molecule has 4 N–H and O–H groups in total. The van der Waals surface area contributed by atoms with Gasteiger partial charge in [-0.15, -0.1) is 11.3 Å². The maximum Gasteiger partial charge on any atom is 0.221 e. The summed E-state index contributed by atoms with van der Waals surface area (Å²) < 4.78 is 0. The zero-order valence-electron chi connectivity index (χ0n) is 7.47. The van der Waals surface area contributed by atoms with E-state index < -0.39 is 17.7 Å². The number of nitrogens with two attached hydrogens (primary N) is 2.